The van der Waals surface area contributed by atoms with Crippen molar-refractivity contribution < 1.29 is 19.1 Å². The van der Waals surface area contributed by atoms with E-state index in [2.05, 4.69) is 4.90 Å². The van der Waals surface area contributed by atoms with Gasteiger partial charge in [-0.15, -0.1) is 0 Å². The maximum Gasteiger partial charge on any atom is 0.254 e. The second-order valence-electron chi connectivity index (χ2n) is 7.10. The van der Waals surface area contributed by atoms with Gasteiger partial charge in [-0.25, -0.2) is 0 Å². The number of nitrogens with zero attached hydrogens (tertiary/aromatic N) is 2. The average molecular weight is 375 g/mol. The van der Waals surface area contributed by atoms with Crippen molar-refractivity contribution in [1.82, 2.24) is 9.80 Å². The summed E-state index contributed by atoms with van der Waals surface area (Å²) in [6.07, 6.45) is 1.63. The number of piperidine rings is 1. The number of rotatable bonds is 7. The van der Waals surface area contributed by atoms with Crippen LogP contribution in [0.2, 0.25) is 0 Å². The van der Waals surface area contributed by atoms with E-state index in [1.807, 2.05) is 18.7 Å². The number of carbonyl (C=O) groups is 2. The van der Waals surface area contributed by atoms with Gasteiger partial charge in [-0.05, 0) is 58.0 Å². The molecule has 27 heavy (non-hydrogen) atoms. The van der Waals surface area contributed by atoms with Crippen molar-refractivity contribution in [2.24, 2.45) is 11.7 Å². The molecule has 0 aromatic heterocycles. The maximum atomic E-state index is 12.8. The molecule has 2 amide bonds. The summed E-state index contributed by atoms with van der Waals surface area (Å²) in [7, 11) is 0. The Morgan fingerprint density at radius 3 is 2.30 bits per heavy atom. The molecule has 2 aliphatic rings. The fourth-order valence-electron chi connectivity index (χ4n) is 3.77. The third kappa shape index (κ3) is 4.35. The van der Waals surface area contributed by atoms with E-state index in [0.29, 0.717) is 36.3 Å². The third-order valence-electron chi connectivity index (χ3n) is 5.39. The predicted octanol–water partition coefficient (Wildman–Crippen LogP) is 1.51. The molecule has 0 spiro atoms. The Kier molecular flexibility index (Phi) is 6.21. The van der Waals surface area contributed by atoms with Gasteiger partial charge >= 0.3 is 0 Å². The molecule has 3 rings (SSSR count). The van der Waals surface area contributed by atoms with E-state index >= 15 is 0 Å². The molecular formula is C20H29N3O4. The topological polar surface area (TPSA) is 85.1 Å². The van der Waals surface area contributed by atoms with Gasteiger partial charge in [0.1, 0.15) is 0 Å². The molecule has 1 aromatic carbocycles. The first-order chi connectivity index (χ1) is 13.0. The minimum atomic E-state index is -0.194. The van der Waals surface area contributed by atoms with Gasteiger partial charge in [0.25, 0.3) is 5.91 Å². The fourth-order valence-corrected chi connectivity index (χ4v) is 3.77. The van der Waals surface area contributed by atoms with Crippen molar-refractivity contribution in [2.45, 2.75) is 32.7 Å². The zero-order valence-corrected chi connectivity index (χ0v) is 16.1. The Bertz CT molecular complexity index is 680. The van der Waals surface area contributed by atoms with E-state index in [1.54, 1.807) is 18.2 Å². The first-order valence-corrected chi connectivity index (χ1v) is 9.75. The summed E-state index contributed by atoms with van der Waals surface area (Å²) in [6, 6.07) is 5.73. The Hall–Kier alpha value is -2.28. The quantitative estimate of drug-likeness (QED) is 0.781. The van der Waals surface area contributed by atoms with Crippen LogP contribution in [0.3, 0.4) is 0 Å². The lowest BCUT2D eigenvalue weighted by atomic mass is 9.93. The number of hydrogen-bond acceptors (Lipinski definition) is 5. The molecule has 148 valence electrons. The molecule has 7 nitrogen and oxygen atoms in total. The highest BCUT2D eigenvalue weighted by molar-refractivity contribution is 5.95. The van der Waals surface area contributed by atoms with Crippen LogP contribution >= 0.6 is 0 Å². The lowest BCUT2D eigenvalue weighted by Gasteiger charge is -2.47. The predicted molar refractivity (Wildman–Crippen MR) is 102 cm³/mol. The van der Waals surface area contributed by atoms with Gasteiger partial charge in [0.05, 0.1) is 13.2 Å². The average Bonchev–Trinajstić information content (AvgIpc) is 2.62. The first-order valence-electron chi connectivity index (χ1n) is 9.75. The van der Waals surface area contributed by atoms with E-state index in [4.69, 9.17) is 15.2 Å². The van der Waals surface area contributed by atoms with Crippen LogP contribution in [0, 0.1) is 5.92 Å². The Morgan fingerprint density at radius 1 is 1.07 bits per heavy atom. The summed E-state index contributed by atoms with van der Waals surface area (Å²) >= 11 is 0. The summed E-state index contributed by atoms with van der Waals surface area (Å²) in [5.41, 5.74) is 6.01. The molecule has 2 heterocycles. The molecular weight excluding hydrogens is 346 g/mol. The second-order valence-corrected chi connectivity index (χ2v) is 7.10. The van der Waals surface area contributed by atoms with Crippen LogP contribution in [0.4, 0.5) is 0 Å². The number of primary amides is 1. The summed E-state index contributed by atoms with van der Waals surface area (Å²) < 4.78 is 11.2. The highest BCUT2D eigenvalue weighted by Gasteiger charge is 2.37. The van der Waals surface area contributed by atoms with Gasteiger partial charge in [-0.1, -0.05) is 0 Å². The van der Waals surface area contributed by atoms with Gasteiger partial charge in [0.2, 0.25) is 5.91 Å². The van der Waals surface area contributed by atoms with E-state index in [0.717, 1.165) is 39.0 Å². The van der Waals surface area contributed by atoms with Crippen LogP contribution in [0.15, 0.2) is 18.2 Å². The summed E-state index contributed by atoms with van der Waals surface area (Å²) in [6.45, 7) is 8.08. The largest absolute Gasteiger partial charge is 0.490 e. The molecule has 0 radical (unpaired) electrons. The second kappa shape index (κ2) is 8.61. The van der Waals surface area contributed by atoms with Crippen molar-refractivity contribution in [2.75, 3.05) is 39.4 Å². The van der Waals surface area contributed by atoms with Gasteiger partial charge in [-0.3, -0.25) is 14.5 Å². The number of nitrogens with two attached hydrogens (primary N) is 1. The summed E-state index contributed by atoms with van der Waals surface area (Å²) in [4.78, 5) is 28.3. The highest BCUT2D eigenvalue weighted by atomic mass is 16.5. The number of carbonyl (C=O) groups excluding carboxylic acids is 2. The van der Waals surface area contributed by atoms with Crippen LogP contribution in [0.25, 0.3) is 0 Å². The van der Waals surface area contributed by atoms with Crippen LogP contribution in [-0.2, 0) is 4.79 Å². The Labute approximate surface area is 160 Å². The van der Waals surface area contributed by atoms with Gasteiger partial charge in [0.15, 0.2) is 11.5 Å². The number of ether oxygens (including phenoxy) is 2. The van der Waals surface area contributed by atoms with E-state index in [9.17, 15) is 9.59 Å². The van der Waals surface area contributed by atoms with Crippen LogP contribution in [-0.4, -0.2) is 67.0 Å². The zero-order chi connectivity index (χ0) is 19.4. The monoisotopic (exact) mass is 375 g/mol. The number of hydrogen-bond donors (Lipinski definition) is 1. The van der Waals surface area contributed by atoms with Crippen LogP contribution in [0.5, 0.6) is 11.5 Å². The molecule has 2 aliphatic heterocycles. The standard InChI is InChI=1S/C20H29N3O4/c1-3-26-17-6-5-15(11-18(17)27-4-2)20(25)23-12-16(13-23)22-9-7-14(8-10-22)19(21)24/h5-6,11,14,16H,3-4,7-10,12-13H2,1-2H3,(H2,21,24). The fraction of sp³-hybridized carbons (Fsp3) is 0.600. The van der Waals surface area contributed by atoms with Crippen LogP contribution in [0.1, 0.15) is 37.0 Å². The summed E-state index contributed by atoms with van der Waals surface area (Å²) in [5.74, 6) is 1.09. The summed E-state index contributed by atoms with van der Waals surface area (Å²) in [5, 5.41) is 0. The first kappa shape index (κ1) is 19.5. The van der Waals surface area contributed by atoms with E-state index < -0.39 is 0 Å². The number of likely N-dealkylation sites (tertiary alicyclic amines) is 2. The van der Waals surface area contributed by atoms with Crippen molar-refractivity contribution in [3.8, 4) is 11.5 Å². The smallest absolute Gasteiger partial charge is 0.254 e. The molecule has 0 saturated carbocycles. The molecule has 1 aromatic rings. The minimum Gasteiger partial charge on any atom is -0.490 e. The van der Waals surface area contributed by atoms with Crippen molar-refractivity contribution >= 4 is 11.8 Å². The Balaban J connectivity index is 1.56. The van der Waals surface area contributed by atoms with Gasteiger partial charge in [0, 0.05) is 30.6 Å². The SMILES string of the molecule is CCOc1ccc(C(=O)N2CC(N3CCC(C(N)=O)CC3)C2)cc1OCC. The lowest BCUT2D eigenvalue weighted by Crippen LogP contribution is -2.62. The number of benzene rings is 1. The van der Waals surface area contributed by atoms with Crippen molar-refractivity contribution in [3.05, 3.63) is 23.8 Å². The van der Waals surface area contributed by atoms with E-state index in [-0.39, 0.29) is 17.7 Å². The molecule has 2 N–H and O–H groups in total. The molecule has 2 fully saturated rings. The number of amides is 2. The molecule has 0 atom stereocenters. The zero-order valence-electron chi connectivity index (χ0n) is 16.1. The van der Waals surface area contributed by atoms with Gasteiger partial charge < -0.3 is 20.1 Å². The van der Waals surface area contributed by atoms with Gasteiger partial charge in [-0.2, -0.15) is 0 Å². The van der Waals surface area contributed by atoms with Crippen molar-refractivity contribution in [1.29, 1.82) is 0 Å². The maximum absolute atomic E-state index is 12.8. The Morgan fingerprint density at radius 2 is 1.70 bits per heavy atom. The van der Waals surface area contributed by atoms with E-state index in [1.165, 1.54) is 0 Å². The van der Waals surface area contributed by atoms with Crippen molar-refractivity contribution in [3.63, 3.8) is 0 Å². The molecule has 0 unspecified atom stereocenters. The lowest BCUT2D eigenvalue weighted by molar-refractivity contribution is -0.123. The molecule has 0 bridgehead atoms. The molecule has 2 saturated heterocycles. The van der Waals surface area contributed by atoms with Crippen LogP contribution < -0.4 is 15.2 Å². The molecule has 0 aliphatic carbocycles. The normalized spacial score (nSPS) is 18.8. The molecule has 7 heteroatoms. The highest BCUT2D eigenvalue weighted by Crippen LogP contribution is 2.30. The third-order valence-corrected chi connectivity index (χ3v) is 5.39. The minimum absolute atomic E-state index is 0.0000903.